The molecule has 4 N–H and O–H groups in total. The first kappa shape index (κ1) is 14.6. The molecule has 1 rings (SSSR count). The smallest absolute Gasteiger partial charge is 0.237 e. The topological polar surface area (TPSA) is 84.6 Å². The highest BCUT2D eigenvalue weighted by atomic mass is 16.5. The Hall–Kier alpha value is -1.43. The Morgan fingerprint density at radius 1 is 1.44 bits per heavy atom. The maximum absolute atomic E-state index is 11.7. The lowest BCUT2D eigenvalue weighted by Crippen LogP contribution is -2.45. The van der Waals surface area contributed by atoms with E-state index in [1.54, 1.807) is 0 Å². The molecule has 2 atom stereocenters. The number of rotatable bonds is 7. The van der Waals surface area contributed by atoms with Crippen molar-refractivity contribution in [1.29, 1.82) is 0 Å². The van der Waals surface area contributed by atoms with Gasteiger partial charge in [0.25, 0.3) is 0 Å². The number of aliphatic hydroxyl groups is 1. The average molecular weight is 252 g/mol. The summed E-state index contributed by atoms with van der Waals surface area (Å²) >= 11 is 0. The summed E-state index contributed by atoms with van der Waals surface area (Å²) in [5, 5.41) is 12.0. The van der Waals surface area contributed by atoms with E-state index in [2.05, 4.69) is 5.32 Å². The van der Waals surface area contributed by atoms with E-state index >= 15 is 0 Å². The maximum atomic E-state index is 11.7. The van der Waals surface area contributed by atoms with Crippen LogP contribution in [0.1, 0.15) is 5.56 Å². The van der Waals surface area contributed by atoms with Gasteiger partial charge in [-0.15, -0.1) is 0 Å². The molecule has 0 aliphatic rings. The second-order valence-electron chi connectivity index (χ2n) is 4.15. The molecule has 0 radical (unpaired) electrons. The number of amides is 1. The van der Waals surface area contributed by atoms with Crippen LogP contribution in [0.4, 0.5) is 0 Å². The quantitative estimate of drug-likeness (QED) is 0.621. The predicted molar refractivity (Wildman–Crippen MR) is 69.0 cm³/mol. The highest BCUT2D eigenvalue weighted by molar-refractivity contribution is 5.81. The van der Waals surface area contributed by atoms with Gasteiger partial charge in [-0.05, 0) is 12.0 Å². The fraction of sp³-hybridized carbons (Fsp3) is 0.462. The molecule has 0 fully saturated rings. The highest BCUT2D eigenvalue weighted by Crippen LogP contribution is 2.01. The van der Waals surface area contributed by atoms with E-state index in [9.17, 15) is 9.90 Å². The van der Waals surface area contributed by atoms with Crippen LogP contribution in [0.15, 0.2) is 30.3 Å². The van der Waals surface area contributed by atoms with E-state index in [4.69, 9.17) is 10.5 Å². The van der Waals surface area contributed by atoms with Crippen molar-refractivity contribution in [3.05, 3.63) is 35.9 Å². The molecule has 5 heteroatoms. The van der Waals surface area contributed by atoms with E-state index in [-0.39, 0.29) is 19.1 Å². The van der Waals surface area contributed by atoms with Crippen molar-refractivity contribution in [3.8, 4) is 0 Å². The van der Waals surface area contributed by atoms with Crippen molar-refractivity contribution < 1.29 is 14.6 Å². The molecular weight excluding hydrogens is 232 g/mol. The largest absolute Gasteiger partial charge is 0.389 e. The van der Waals surface area contributed by atoms with Crippen LogP contribution in [0.25, 0.3) is 0 Å². The molecule has 0 aliphatic heterocycles. The van der Waals surface area contributed by atoms with Crippen molar-refractivity contribution in [3.63, 3.8) is 0 Å². The van der Waals surface area contributed by atoms with Crippen LogP contribution in [-0.4, -0.2) is 43.4 Å². The Bertz CT molecular complexity index is 357. The molecule has 0 heterocycles. The lowest BCUT2D eigenvalue weighted by atomic mass is 10.1. The minimum absolute atomic E-state index is 0.148. The molecule has 5 nitrogen and oxygen atoms in total. The van der Waals surface area contributed by atoms with Crippen molar-refractivity contribution in [1.82, 2.24) is 5.32 Å². The average Bonchev–Trinajstić information content (AvgIpc) is 2.37. The SMILES string of the molecule is COCC(O)CNC(=O)C(N)Cc1ccccc1. The third kappa shape index (κ3) is 5.27. The molecule has 100 valence electrons. The maximum Gasteiger partial charge on any atom is 0.237 e. The summed E-state index contributed by atoms with van der Waals surface area (Å²) in [5.74, 6) is -0.269. The Morgan fingerprint density at radius 3 is 2.72 bits per heavy atom. The second-order valence-corrected chi connectivity index (χ2v) is 4.15. The summed E-state index contributed by atoms with van der Waals surface area (Å²) in [6.07, 6.45) is -0.226. The molecule has 0 spiro atoms. The summed E-state index contributed by atoms with van der Waals surface area (Å²) in [6.45, 7) is 0.337. The van der Waals surface area contributed by atoms with E-state index in [1.807, 2.05) is 30.3 Å². The minimum Gasteiger partial charge on any atom is -0.389 e. The number of benzene rings is 1. The predicted octanol–water partition coefficient (Wildman–Crippen LogP) is -0.320. The third-order valence-electron chi connectivity index (χ3n) is 2.51. The molecule has 0 bridgehead atoms. The fourth-order valence-corrected chi connectivity index (χ4v) is 1.56. The van der Waals surface area contributed by atoms with Crippen molar-refractivity contribution in [2.75, 3.05) is 20.3 Å². The molecule has 18 heavy (non-hydrogen) atoms. The van der Waals surface area contributed by atoms with Gasteiger partial charge in [-0.3, -0.25) is 4.79 Å². The van der Waals surface area contributed by atoms with Crippen LogP contribution in [0.3, 0.4) is 0 Å². The van der Waals surface area contributed by atoms with Gasteiger partial charge in [0.15, 0.2) is 0 Å². The zero-order valence-electron chi connectivity index (χ0n) is 10.5. The first-order chi connectivity index (χ1) is 8.63. The van der Waals surface area contributed by atoms with Crippen LogP contribution in [0.2, 0.25) is 0 Å². The van der Waals surface area contributed by atoms with E-state index in [0.29, 0.717) is 6.42 Å². The fourth-order valence-electron chi connectivity index (χ4n) is 1.56. The summed E-state index contributed by atoms with van der Waals surface area (Å²) in [4.78, 5) is 11.7. The number of methoxy groups -OCH3 is 1. The van der Waals surface area contributed by atoms with E-state index in [0.717, 1.165) is 5.56 Å². The molecule has 0 aromatic heterocycles. The van der Waals surface area contributed by atoms with Crippen molar-refractivity contribution >= 4 is 5.91 Å². The second kappa shape index (κ2) is 7.81. The normalized spacial score (nSPS) is 13.9. The van der Waals surface area contributed by atoms with Crippen molar-refractivity contribution in [2.45, 2.75) is 18.6 Å². The lowest BCUT2D eigenvalue weighted by Gasteiger charge is -2.14. The standard InChI is InChI=1S/C13H20N2O3/c1-18-9-11(16)8-15-13(17)12(14)7-10-5-3-2-4-6-10/h2-6,11-12,16H,7-9,14H2,1H3,(H,15,17). The number of nitrogens with two attached hydrogens (primary N) is 1. The molecule has 0 aliphatic carbocycles. The number of carbonyl (C=O) groups is 1. The zero-order valence-corrected chi connectivity index (χ0v) is 10.5. The van der Waals surface area contributed by atoms with Gasteiger partial charge < -0.3 is 20.9 Å². The van der Waals surface area contributed by atoms with Gasteiger partial charge in [-0.25, -0.2) is 0 Å². The molecule has 1 aromatic carbocycles. The summed E-state index contributed by atoms with van der Waals surface area (Å²) in [5.41, 5.74) is 6.80. The molecule has 1 aromatic rings. The Morgan fingerprint density at radius 2 is 2.11 bits per heavy atom. The van der Waals surface area contributed by atoms with Crippen LogP contribution in [-0.2, 0) is 16.0 Å². The van der Waals surface area contributed by atoms with Gasteiger partial charge in [0.05, 0.1) is 18.8 Å². The van der Waals surface area contributed by atoms with Gasteiger partial charge in [0, 0.05) is 13.7 Å². The molecule has 1 amide bonds. The third-order valence-corrected chi connectivity index (χ3v) is 2.51. The number of carbonyl (C=O) groups excluding carboxylic acids is 1. The van der Waals surface area contributed by atoms with E-state index < -0.39 is 12.1 Å². The molecule has 0 saturated carbocycles. The molecule has 2 unspecified atom stereocenters. The number of nitrogens with one attached hydrogen (secondary N) is 1. The number of ether oxygens (including phenoxy) is 1. The van der Waals surface area contributed by atoms with Crippen LogP contribution in [0, 0.1) is 0 Å². The number of hydrogen-bond donors (Lipinski definition) is 3. The summed E-state index contributed by atoms with van der Waals surface area (Å²) < 4.78 is 4.76. The summed E-state index contributed by atoms with van der Waals surface area (Å²) in [7, 11) is 1.49. The van der Waals surface area contributed by atoms with Gasteiger partial charge in [-0.2, -0.15) is 0 Å². The van der Waals surface area contributed by atoms with E-state index in [1.165, 1.54) is 7.11 Å². The number of hydrogen-bond acceptors (Lipinski definition) is 4. The monoisotopic (exact) mass is 252 g/mol. The van der Waals surface area contributed by atoms with Gasteiger partial charge in [-0.1, -0.05) is 30.3 Å². The lowest BCUT2D eigenvalue weighted by molar-refractivity contribution is -0.122. The summed E-state index contributed by atoms with van der Waals surface area (Å²) in [6, 6.07) is 8.96. The minimum atomic E-state index is -0.706. The van der Waals surface area contributed by atoms with Crippen LogP contribution >= 0.6 is 0 Å². The van der Waals surface area contributed by atoms with Crippen molar-refractivity contribution in [2.24, 2.45) is 5.73 Å². The van der Waals surface area contributed by atoms with Gasteiger partial charge in [0.1, 0.15) is 0 Å². The Kier molecular flexibility index (Phi) is 6.35. The van der Waals surface area contributed by atoms with Crippen LogP contribution in [0.5, 0.6) is 0 Å². The van der Waals surface area contributed by atoms with Gasteiger partial charge in [0.2, 0.25) is 5.91 Å². The Labute approximate surface area is 107 Å². The molecule has 0 saturated heterocycles. The van der Waals surface area contributed by atoms with Crippen LogP contribution < -0.4 is 11.1 Å². The molecular formula is C13H20N2O3. The highest BCUT2D eigenvalue weighted by Gasteiger charge is 2.14. The first-order valence-corrected chi connectivity index (χ1v) is 5.87. The zero-order chi connectivity index (χ0) is 13.4. The first-order valence-electron chi connectivity index (χ1n) is 5.87. The Balaban J connectivity index is 2.33. The number of aliphatic hydroxyl groups excluding tert-OH is 1. The van der Waals surface area contributed by atoms with Gasteiger partial charge >= 0.3 is 0 Å².